The van der Waals surface area contributed by atoms with Crippen molar-refractivity contribution in [2.75, 3.05) is 20.1 Å². The zero-order chi connectivity index (χ0) is 12.7. The van der Waals surface area contributed by atoms with E-state index in [1.54, 1.807) is 0 Å². The molecule has 0 amide bonds. The van der Waals surface area contributed by atoms with Crippen molar-refractivity contribution < 1.29 is 0 Å². The molecule has 0 spiro atoms. The first-order valence-electron chi connectivity index (χ1n) is 5.63. The molecule has 0 aromatic heterocycles. The largest absolute Gasteiger partial charge is 0.305 e. The van der Waals surface area contributed by atoms with Crippen LogP contribution in [-0.4, -0.2) is 25.0 Å². The molecular formula is C13H16Cl2N2. The van der Waals surface area contributed by atoms with Crippen LogP contribution in [0.5, 0.6) is 0 Å². The quantitative estimate of drug-likeness (QED) is 0.787. The number of hydrogen-bond acceptors (Lipinski definition) is 2. The molecule has 92 valence electrons. The molecule has 0 bridgehead atoms. The predicted octanol–water partition coefficient (Wildman–Crippen LogP) is 3.77. The number of nitriles is 1. The van der Waals surface area contributed by atoms with Crippen molar-refractivity contribution in [2.45, 2.75) is 19.3 Å². The molecule has 1 aromatic carbocycles. The van der Waals surface area contributed by atoms with Crippen LogP contribution in [0.25, 0.3) is 0 Å². The standard InChI is InChI=1S/C13H16Cl2N2/c1-17(9-3-7-16)8-2-4-11-5-6-12(14)13(15)10-11/h5-6,10H,2-4,8-9H2,1H3. The first-order chi connectivity index (χ1) is 8.13. The van der Waals surface area contributed by atoms with Gasteiger partial charge in [-0.3, -0.25) is 0 Å². The average molecular weight is 271 g/mol. The average Bonchev–Trinajstić information content (AvgIpc) is 2.31. The molecule has 0 aliphatic heterocycles. The molecule has 0 saturated heterocycles. The summed E-state index contributed by atoms with van der Waals surface area (Å²) in [6.45, 7) is 1.82. The van der Waals surface area contributed by atoms with Crippen LogP contribution in [0.4, 0.5) is 0 Å². The van der Waals surface area contributed by atoms with Crippen LogP contribution in [-0.2, 0) is 6.42 Å². The van der Waals surface area contributed by atoms with Gasteiger partial charge < -0.3 is 4.90 Å². The maximum atomic E-state index is 8.47. The van der Waals surface area contributed by atoms with Crippen LogP contribution in [0.15, 0.2) is 18.2 Å². The highest BCUT2D eigenvalue weighted by molar-refractivity contribution is 6.42. The van der Waals surface area contributed by atoms with Crippen molar-refractivity contribution in [3.05, 3.63) is 33.8 Å². The van der Waals surface area contributed by atoms with Gasteiger partial charge in [-0.15, -0.1) is 0 Å². The van der Waals surface area contributed by atoms with E-state index in [4.69, 9.17) is 28.5 Å². The molecule has 0 unspecified atom stereocenters. The number of halogens is 2. The van der Waals surface area contributed by atoms with E-state index in [1.165, 1.54) is 5.56 Å². The van der Waals surface area contributed by atoms with Crippen molar-refractivity contribution in [1.82, 2.24) is 4.90 Å². The molecule has 2 nitrogen and oxygen atoms in total. The molecule has 0 N–H and O–H groups in total. The van der Waals surface area contributed by atoms with Gasteiger partial charge in [0, 0.05) is 13.0 Å². The second-order valence-electron chi connectivity index (χ2n) is 4.06. The van der Waals surface area contributed by atoms with Crippen LogP contribution >= 0.6 is 23.2 Å². The van der Waals surface area contributed by atoms with Gasteiger partial charge in [-0.25, -0.2) is 0 Å². The Morgan fingerprint density at radius 1 is 1.24 bits per heavy atom. The SMILES string of the molecule is CN(CCC#N)CCCc1ccc(Cl)c(Cl)c1. The second kappa shape index (κ2) is 7.55. The molecule has 17 heavy (non-hydrogen) atoms. The lowest BCUT2D eigenvalue weighted by molar-refractivity contribution is 0.337. The minimum absolute atomic E-state index is 0.587. The molecule has 4 heteroatoms. The maximum absolute atomic E-state index is 8.47. The van der Waals surface area contributed by atoms with Crippen molar-refractivity contribution in [3.63, 3.8) is 0 Å². The highest BCUT2D eigenvalue weighted by atomic mass is 35.5. The molecule has 0 radical (unpaired) electrons. The minimum atomic E-state index is 0.587. The van der Waals surface area contributed by atoms with Crippen molar-refractivity contribution in [2.24, 2.45) is 0 Å². The third-order valence-electron chi connectivity index (χ3n) is 2.59. The summed E-state index contributed by atoms with van der Waals surface area (Å²) < 4.78 is 0. The number of benzene rings is 1. The summed E-state index contributed by atoms with van der Waals surface area (Å²) in [5.74, 6) is 0. The molecule has 0 aliphatic carbocycles. The number of hydrogen-bond donors (Lipinski definition) is 0. The Labute approximate surface area is 113 Å². The summed E-state index contributed by atoms with van der Waals surface area (Å²) in [5, 5.41) is 9.68. The molecule has 1 aromatic rings. The summed E-state index contributed by atoms with van der Waals surface area (Å²) in [6.07, 6.45) is 2.62. The first kappa shape index (κ1) is 14.3. The lowest BCUT2D eigenvalue weighted by Crippen LogP contribution is -2.21. The fourth-order valence-electron chi connectivity index (χ4n) is 1.60. The van der Waals surface area contributed by atoms with Crippen LogP contribution in [0.2, 0.25) is 10.0 Å². The number of rotatable bonds is 6. The van der Waals surface area contributed by atoms with Crippen molar-refractivity contribution in [1.29, 1.82) is 5.26 Å². The topological polar surface area (TPSA) is 27.0 Å². The second-order valence-corrected chi connectivity index (χ2v) is 4.88. The van der Waals surface area contributed by atoms with Gasteiger partial charge in [-0.1, -0.05) is 29.3 Å². The third-order valence-corrected chi connectivity index (χ3v) is 3.33. The van der Waals surface area contributed by atoms with Crippen LogP contribution < -0.4 is 0 Å². The van der Waals surface area contributed by atoms with Gasteiger partial charge in [-0.05, 0) is 44.1 Å². The Kier molecular flexibility index (Phi) is 6.36. The van der Waals surface area contributed by atoms with Gasteiger partial charge >= 0.3 is 0 Å². The lowest BCUT2D eigenvalue weighted by atomic mass is 10.1. The molecule has 0 atom stereocenters. The zero-order valence-corrected chi connectivity index (χ0v) is 11.4. The highest BCUT2D eigenvalue weighted by Crippen LogP contribution is 2.23. The normalized spacial score (nSPS) is 10.5. The van der Waals surface area contributed by atoms with E-state index in [-0.39, 0.29) is 0 Å². The van der Waals surface area contributed by atoms with Gasteiger partial charge in [0.2, 0.25) is 0 Å². The summed E-state index contributed by atoms with van der Waals surface area (Å²) >= 11 is 11.8. The van der Waals surface area contributed by atoms with E-state index in [2.05, 4.69) is 11.0 Å². The number of nitrogens with zero attached hydrogens (tertiary/aromatic N) is 2. The van der Waals surface area contributed by atoms with Crippen LogP contribution in [0, 0.1) is 11.3 Å². The van der Waals surface area contributed by atoms with E-state index in [1.807, 2.05) is 25.2 Å². The monoisotopic (exact) mass is 270 g/mol. The zero-order valence-electron chi connectivity index (χ0n) is 9.92. The molecule has 0 fully saturated rings. The molecule has 1 rings (SSSR count). The molecule has 0 aliphatic rings. The van der Waals surface area contributed by atoms with Gasteiger partial charge in [0.25, 0.3) is 0 Å². The van der Waals surface area contributed by atoms with E-state index in [0.29, 0.717) is 16.5 Å². The van der Waals surface area contributed by atoms with Crippen molar-refractivity contribution in [3.8, 4) is 6.07 Å². The Bertz CT molecular complexity index is 399. The van der Waals surface area contributed by atoms with E-state index >= 15 is 0 Å². The highest BCUT2D eigenvalue weighted by Gasteiger charge is 2.01. The van der Waals surface area contributed by atoms with Gasteiger partial charge in [0.1, 0.15) is 0 Å². The van der Waals surface area contributed by atoms with E-state index in [0.717, 1.165) is 25.9 Å². The maximum Gasteiger partial charge on any atom is 0.0635 e. The smallest absolute Gasteiger partial charge is 0.0635 e. The minimum Gasteiger partial charge on any atom is -0.305 e. The first-order valence-corrected chi connectivity index (χ1v) is 6.38. The van der Waals surface area contributed by atoms with Gasteiger partial charge in [0.05, 0.1) is 16.1 Å². The Morgan fingerprint density at radius 2 is 2.00 bits per heavy atom. The Morgan fingerprint density at radius 3 is 2.65 bits per heavy atom. The summed E-state index contributed by atoms with van der Waals surface area (Å²) in [6, 6.07) is 7.90. The van der Waals surface area contributed by atoms with Gasteiger partial charge in [-0.2, -0.15) is 5.26 Å². The number of aryl methyl sites for hydroxylation is 1. The third kappa shape index (κ3) is 5.41. The van der Waals surface area contributed by atoms with Crippen LogP contribution in [0.3, 0.4) is 0 Å². The fraction of sp³-hybridized carbons (Fsp3) is 0.462. The summed E-state index contributed by atoms with van der Waals surface area (Å²) in [7, 11) is 2.03. The molecular weight excluding hydrogens is 255 g/mol. The molecule has 0 saturated carbocycles. The molecule has 0 heterocycles. The Balaban J connectivity index is 2.31. The van der Waals surface area contributed by atoms with Crippen molar-refractivity contribution >= 4 is 23.2 Å². The predicted molar refractivity (Wildman–Crippen MR) is 72.5 cm³/mol. The van der Waals surface area contributed by atoms with E-state index < -0.39 is 0 Å². The summed E-state index contributed by atoms with van der Waals surface area (Å²) in [5.41, 5.74) is 1.20. The van der Waals surface area contributed by atoms with E-state index in [9.17, 15) is 0 Å². The fourth-order valence-corrected chi connectivity index (χ4v) is 1.92. The lowest BCUT2D eigenvalue weighted by Gasteiger charge is -2.14. The van der Waals surface area contributed by atoms with Gasteiger partial charge in [0.15, 0.2) is 0 Å². The summed E-state index contributed by atoms with van der Waals surface area (Å²) in [4.78, 5) is 2.17. The van der Waals surface area contributed by atoms with Crippen LogP contribution in [0.1, 0.15) is 18.4 Å². The Hall–Kier alpha value is -0.750.